The predicted molar refractivity (Wildman–Crippen MR) is 125 cm³/mol. The number of ether oxygens (including phenoxy) is 2. The molecule has 0 radical (unpaired) electrons. The van der Waals surface area contributed by atoms with Gasteiger partial charge in [0.25, 0.3) is 0 Å². The van der Waals surface area contributed by atoms with E-state index in [0.717, 1.165) is 0 Å². The van der Waals surface area contributed by atoms with Gasteiger partial charge in [0.1, 0.15) is 18.1 Å². The Balaban J connectivity index is 1.48. The first-order chi connectivity index (χ1) is 15.5. The second-order valence-electron chi connectivity index (χ2n) is 6.44. The predicted octanol–water partition coefficient (Wildman–Crippen LogP) is 4.67. The number of nitrogens with one attached hydrogen (secondary N) is 2. The Labute approximate surface area is 194 Å². The number of methoxy groups -OCH3 is 1. The standard InChI is InChI=1S/C23H19Cl2N3O4/c1-31-17-11-7-16(8-12-17)27-22(29)23(30)28-26-13-15-5-9-18(10-6-15)32-14-19-20(24)3-2-4-21(19)25/h2-13H,14H2,1H3,(H,27,29)(H,28,30)/b26-13-. The molecule has 0 fully saturated rings. The first-order valence-electron chi connectivity index (χ1n) is 9.40. The van der Waals surface area contributed by atoms with E-state index in [1.165, 1.54) is 13.3 Å². The zero-order valence-electron chi connectivity index (χ0n) is 17.0. The van der Waals surface area contributed by atoms with Crippen LogP contribution in [0.5, 0.6) is 11.5 Å². The first-order valence-corrected chi connectivity index (χ1v) is 10.2. The van der Waals surface area contributed by atoms with Gasteiger partial charge in [-0.3, -0.25) is 9.59 Å². The number of carbonyl (C=O) groups is 2. The molecule has 0 unspecified atom stereocenters. The fourth-order valence-corrected chi connectivity index (χ4v) is 3.06. The van der Waals surface area contributed by atoms with E-state index >= 15 is 0 Å². The summed E-state index contributed by atoms with van der Waals surface area (Å²) in [7, 11) is 1.54. The lowest BCUT2D eigenvalue weighted by Crippen LogP contribution is -2.32. The lowest BCUT2D eigenvalue weighted by Gasteiger charge is -2.09. The van der Waals surface area contributed by atoms with E-state index < -0.39 is 11.8 Å². The van der Waals surface area contributed by atoms with Gasteiger partial charge in [-0.1, -0.05) is 29.3 Å². The van der Waals surface area contributed by atoms with Crippen LogP contribution in [0.15, 0.2) is 71.8 Å². The van der Waals surface area contributed by atoms with Crippen molar-refractivity contribution in [3.05, 3.63) is 87.9 Å². The van der Waals surface area contributed by atoms with Crippen LogP contribution in [-0.2, 0) is 16.2 Å². The maximum Gasteiger partial charge on any atom is 0.329 e. The summed E-state index contributed by atoms with van der Waals surface area (Å²) in [5.41, 5.74) is 4.05. The van der Waals surface area contributed by atoms with Crippen LogP contribution >= 0.6 is 23.2 Å². The third kappa shape index (κ3) is 6.47. The van der Waals surface area contributed by atoms with Crippen LogP contribution in [0, 0.1) is 0 Å². The Hall–Kier alpha value is -3.55. The maximum absolute atomic E-state index is 11.9. The van der Waals surface area contributed by atoms with Gasteiger partial charge in [-0.25, -0.2) is 5.43 Å². The van der Waals surface area contributed by atoms with Crippen LogP contribution in [0.2, 0.25) is 10.0 Å². The lowest BCUT2D eigenvalue weighted by atomic mass is 10.2. The smallest absolute Gasteiger partial charge is 0.329 e. The minimum absolute atomic E-state index is 0.227. The van der Waals surface area contributed by atoms with Crippen molar-refractivity contribution >= 4 is 46.9 Å². The fraction of sp³-hybridized carbons (Fsp3) is 0.0870. The van der Waals surface area contributed by atoms with Crippen molar-refractivity contribution in [2.75, 3.05) is 12.4 Å². The molecule has 3 rings (SSSR count). The van der Waals surface area contributed by atoms with Crippen LogP contribution in [0.25, 0.3) is 0 Å². The van der Waals surface area contributed by atoms with Crippen molar-refractivity contribution < 1.29 is 19.1 Å². The summed E-state index contributed by atoms with van der Waals surface area (Å²) in [4.78, 5) is 23.8. The fourth-order valence-electron chi connectivity index (χ4n) is 2.55. The Kier molecular flexibility index (Phi) is 8.08. The van der Waals surface area contributed by atoms with Gasteiger partial charge in [0.15, 0.2) is 0 Å². The molecule has 0 heterocycles. The van der Waals surface area contributed by atoms with Gasteiger partial charge in [0.2, 0.25) is 0 Å². The number of hydrazone groups is 1. The molecule has 0 aliphatic rings. The van der Waals surface area contributed by atoms with E-state index in [0.29, 0.717) is 38.4 Å². The molecule has 3 aromatic carbocycles. The number of anilines is 1. The largest absolute Gasteiger partial charge is 0.497 e. The molecule has 32 heavy (non-hydrogen) atoms. The average Bonchev–Trinajstić information content (AvgIpc) is 2.80. The summed E-state index contributed by atoms with van der Waals surface area (Å²) >= 11 is 12.3. The van der Waals surface area contributed by atoms with E-state index in [9.17, 15) is 9.59 Å². The Bertz CT molecular complexity index is 1100. The highest BCUT2D eigenvalue weighted by Gasteiger charge is 2.12. The van der Waals surface area contributed by atoms with Crippen molar-refractivity contribution in [3.8, 4) is 11.5 Å². The molecule has 0 saturated carbocycles. The van der Waals surface area contributed by atoms with Crippen LogP contribution in [0.4, 0.5) is 5.69 Å². The number of carbonyl (C=O) groups excluding carboxylic acids is 2. The normalized spacial score (nSPS) is 10.6. The van der Waals surface area contributed by atoms with E-state index in [-0.39, 0.29) is 6.61 Å². The molecule has 0 aliphatic carbocycles. The third-order valence-electron chi connectivity index (χ3n) is 4.26. The highest BCUT2D eigenvalue weighted by Crippen LogP contribution is 2.25. The van der Waals surface area contributed by atoms with E-state index in [1.807, 2.05) is 0 Å². The highest BCUT2D eigenvalue weighted by atomic mass is 35.5. The third-order valence-corrected chi connectivity index (χ3v) is 4.97. The summed E-state index contributed by atoms with van der Waals surface area (Å²) < 4.78 is 10.7. The van der Waals surface area contributed by atoms with E-state index in [2.05, 4.69) is 15.8 Å². The zero-order valence-corrected chi connectivity index (χ0v) is 18.5. The van der Waals surface area contributed by atoms with Crippen molar-refractivity contribution in [3.63, 3.8) is 0 Å². The van der Waals surface area contributed by atoms with Gasteiger partial charge in [0.05, 0.1) is 13.3 Å². The van der Waals surface area contributed by atoms with Gasteiger partial charge in [-0.2, -0.15) is 5.10 Å². The Morgan fingerprint density at radius 3 is 2.16 bits per heavy atom. The molecule has 0 saturated heterocycles. The summed E-state index contributed by atoms with van der Waals surface area (Å²) in [6.45, 7) is 0.227. The van der Waals surface area contributed by atoms with Crippen molar-refractivity contribution in [2.45, 2.75) is 6.61 Å². The molecule has 0 aromatic heterocycles. The monoisotopic (exact) mass is 471 g/mol. The van der Waals surface area contributed by atoms with Gasteiger partial charge >= 0.3 is 11.8 Å². The summed E-state index contributed by atoms with van der Waals surface area (Å²) in [5, 5.41) is 7.34. The Morgan fingerprint density at radius 1 is 0.906 bits per heavy atom. The molecular formula is C23H19Cl2N3O4. The zero-order chi connectivity index (χ0) is 22.9. The van der Waals surface area contributed by atoms with E-state index in [1.54, 1.807) is 66.7 Å². The van der Waals surface area contributed by atoms with Gasteiger partial charge in [0, 0.05) is 21.3 Å². The quantitative estimate of drug-likeness (QED) is 0.297. The molecule has 3 aromatic rings. The van der Waals surface area contributed by atoms with Gasteiger partial charge < -0.3 is 14.8 Å². The average molecular weight is 472 g/mol. The van der Waals surface area contributed by atoms with Crippen LogP contribution in [-0.4, -0.2) is 25.1 Å². The summed E-state index contributed by atoms with van der Waals surface area (Å²) in [6.07, 6.45) is 1.41. The molecule has 2 N–H and O–H groups in total. The minimum atomic E-state index is -0.895. The molecule has 0 atom stereocenters. The van der Waals surface area contributed by atoms with Gasteiger partial charge in [-0.15, -0.1) is 0 Å². The number of hydrogen-bond acceptors (Lipinski definition) is 5. The molecule has 2 amide bonds. The second-order valence-corrected chi connectivity index (χ2v) is 7.25. The lowest BCUT2D eigenvalue weighted by molar-refractivity contribution is -0.136. The maximum atomic E-state index is 11.9. The van der Waals surface area contributed by atoms with Gasteiger partial charge in [-0.05, 0) is 66.2 Å². The number of halogens is 2. The minimum Gasteiger partial charge on any atom is -0.497 e. The number of benzene rings is 3. The second kappa shape index (κ2) is 11.2. The van der Waals surface area contributed by atoms with Crippen LogP contribution in [0.1, 0.15) is 11.1 Å². The number of nitrogens with zero attached hydrogens (tertiary/aromatic N) is 1. The SMILES string of the molecule is COc1ccc(NC(=O)C(=O)N/N=C\c2ccc(OCc3c(Cl)cccc3Cl)cc2)cc1. The van der Waals surface area contributed by atoms with Crippen molar-refractivity contribution in [2.24, 2.45) is 5.10 Å². The number of rotatable bonds is 7. The number of amides is 2. The molecule has 0 aliphatic heterocycles. The van der Waals surface area contributed by atoms with E-state index in [4.69, 9.17) is 32.7 Å². The molecule has 7 nitrogen and oxygen atoms in total. The van der Waals surface area contributed by atoms with Crippen molar-refractivity contribution in [1.82, 2.24) is 5.43 Å². The molecule has 0 bridgehead atoms. The number of hydrogen-bond donors (Lipinski definition) is 2. The molecular weight excluding hydrogens is 453 g/mol. The topological polar surface area (TPSA) is 89.0 Å². The molecule has 9 heteroatoms. The van der Waals surface area contributed by atoms with Crippen molar-refractivity contribution in [1.29, 1.82) is 0 Å². The highest BCUT2D eigenvalue weighted by molar-refractivity contribution is 6.39. The van der Waals surface area contributed by atoms with Crippen LogP contribution < -0.4 is 20.2 Å². The van der Waals surface area contributed by atoms with Crippen LogP contribution in [0.3, 0.4) is 0 Å². The molecule has 0 spiro atoms. The summed E-state index contributed by atoms with van der Waals surface area (Å²) in [6, 6.07) is 18.8. The summed E-state index contributed by atoms with van der Waals surface area (Å²) in [5.74, 6) is -0.481. The first kappa shape index (κ1) is 23.1. The Morgan fingerprint density at radius 2 is 1.53 bits per heavy atom. The molecule has 164 valence electrons.